The number of alkyl halides is 2. The van der Waals surface area contributed by atoms with Gasteiger partial charge in [0.25, 0.3) is 0 Å². The second-order valence-corrected chi connectivity index (χ2v) is 6.70. The Labute approximate surface area is 118 Å². The Morgan fingerprint density at radius 2 is 2.06 bits per heavy atom. The summed E-state index contributed by atoms with van der Waals surface area (Å²) in [6, 6.07) is 0. The summed E-state index contributed by atoms with van der Waals surface area (Å²) in [4.78, 5) is 9.15. The van der Waals surface area contributed by atoms with E-state index >= 15 is 0 Å². The van der Waals surface area contributed by atoms with Gasteiger partial charge in [-0.2, -0.15) is 0 Å². The van der Waals surface area contributed by atoms with Gasteiger partial charge in [0.05, 0.1) is 0 Å². The molecule has 0 rings (SSSR count). The van der Waals surface area contributed by atoms with Crippen molar-refractivity contribution in [2.45, 2.75) is 33.1 Å². The van der Waals surface area contributed by atoms with E-state index in [4.69, 9.17) is 0 Å². The van der Waals surface area contributed by atoms with E-state index in [1.165, 1.54) is 23.0 Å². The van der Waals surface area contributed by atoms with E-state index < -0.39 is 0 Å². The third-order valence-electron chi connectivity index (χ3n) is 2.77. The van der Waals surface area contributed by atoms with Crippen molar-refractivity contribution >= 4 is 5.71 Å². The molecule has 3 heteroatoms. The standard InChI is InChI=1S/C14H28IN2/c1-6-8-9-14(16-4)12-17(5)11-13(7-2)10-15-3/h7H,6,8-12H2,1-5H3/q-1/b13-7+,16-14?. The van der Waals surface area contributed by atoms with Crippen molar-refractivity contribution < 1.29 is 21.2 Å². The summed E-state index contributed by atoms with van der Waals surface area (Å²) in [7, 11) is 4.13. The topological polar surface area (TPSA) is 15.6 Å². The van der Waals surface area contributed by atoms with Crippen LogP contribution in [0.3, 0.4) is 0 Å². The summed E-state index contributed by atoms with van der Waals surface area (Å²) >= 11 is 0.369. The summed E-state index contributed by atoms with van der Waals surface area (Å²) in [5.41, 5.74) is 2.93. The average molecular weight is 351 g/mol. The first kappa shape index (κ1) is 17.1. The minimum atomic E-state index is 0.369. The second-order valence-electron chi connectivity index (χ2n) is 4.41. The number of aliphatic imine (C=N–C) groups is 1. The summed E-state index contributed by atoms with van der Waals surface area (Å²) in [5.74, 6) is 0. The van der Waals surface area contributed by atoms with Gasteiger partial charge in [-0.3, -0.25) is 0 Å². The van der Waals surface area contributed by atoms with E-state index in [0.29, 0.717) is 21.2 Å². The van der Waals surface area contributed by atoms with Crippen molar-refractivity contribution in [2.75, 3.05) is 36.5 Å². The van der Waals surface area contributed by atoms with Gasteiger partial charge >= 0.3 is 118 Å². The van der Waals surface area contributed by atoms with Crippen molar-refractivity contribution in [3.63, 3.8) is 0 Å². The van der Waals surface area contributed by atoms with Crippen LogP contribution in [0.5, 0.6) is 0 Å². The summed E-state index contributed by atoms with van der Waals surface area (Å²) < 4.78 is 1.33. The molecule has 0 saturated carbocycles. The fourth-order valence-corrected chi connectivity index (χ4v) is 3.40. The Kier molecular flexibility index (Phi) is 11.3. The molecule has 2 nitrogen and oxygen atoms in total. The molecule has 0 fully saturated rings. The summed E-state index contributed by atoms with van der Waals surface area (Å²) in [5, 5.41) is 0. The number of allylic oxidation sites excluding steroid dienone is 1. The molecule has 0 aliphatic rings. The molecule has 0 spiro atoms. The van der Waals surface area contributed by atoms with Crippen LogP contribution in [0, 0.1) is 0 Å². The molecule has 0 unspecified atom stereocenters. The van der Waals surface area contributed by atoms with Gasteiger partial charge in [-0.15, -0.1) is 0 Å². The number of nitrogens with zero attached hydrogens (tertiary/aromatic N) is 2. The van der Waals surface area contributed by atoms with Crippen LogP contribution in [0.25, 0.3) is 0 Å². The molecule has 0 bridgehead atoms. The Balaban J connectivity index is 4.09. The van der Waals surface area contributed by atoms with Crippen LogP contribution < -0.4 is 21.2 Å². The molecule has 17 heavy (non-hydrogen) atoms. The fraction of sp³-hybridized carbons (Fsp3) is 0.786. The molecule has 0 N–H and O–H groups in total. The SMILES string of the molecule is C/C=C(\C[I-]C)CN(C)CC(CCCC)=NC. The first-order valence-corrected chi connectivity index (χ1v) is 10.1. The molecule has 0 aromatic carbocycles. The molecule has 0 atom stereocenters. The minimum absolute atomic E-state index is 0.369. The van der Waals surface area contributed by atoms with Gasteiger partial charge < -0.3 is 0 Å². The molecule has 0 aromatic rings. The van der Waals surface area contributed by atoms with E-state index in [-0.39, 0.29) is 0 Å². The zero-order valence-corrected chi connectivity index (χ0v) is 14.2. The van der Waals surface area contributed by atoms with Crippen LogP contribution in [-0.2, 0) is 0 Å². The van der Waals surface area contributed by atoms with Gasteiger partial charge in [0, 0.05) is 0 Å². The molecule has 0 heterocycles. The number of hydrogen-bond donors (Lipinski definition) is 0. The van der Waals surface area contributed by atoms with E-state index in [1.807, 2.05) is 7.05 Å². The number of likely N-dealkylation sites (N-methyl/N-ethyl adjacent to an activating group) is 1. The summed E-state index contributed by atoms with van der Waals surface area (Å²) in [6.45, 7) is 6.53. The molecule has 102 valence electrons. The molecule has 0 aromatic heterocycles. The molecule has 0 amide bonds. The number of rotatable bonds is 9. The van der Waals surface area contributed by atoms with Crippen LogP contribution in [0.1, 0.15) is 33.1 Å². The zero-order valence-electron chi connectivity index (χ0n) is 12.1. The predicted molar refractivity (Wildman–Crippen MR) is 74.9 cm³/mol. The first-order valence-electron chi connectivity index (χ1n) is 6.38. The maximum absolute atomic E-state index is 4.41. The van der Waals surface area contributed by atoms with Crippen LogP contribution >= 0.6 is 0 Å². The van der Waals surface area contributed by atoms with Crippen molar-refractivity contribution in [3.05, 3.63) is 11.6 Å². The third kappa shape index (κ3) is 8.77. The van der Waals surface area contributed by atoms with Crippen LogP contribution in [0.2, 0.25) is 0 Å². The van der Waals surface area contributed by atoms with E-state index in [9.17, 15) is 0 Å². The van der Waals surface area contributed by atoms with Crippen LogP contribution in [0.15, 0.2) is 16.6 Å². The van der Waals surface area contributed by atoms with Crippen LogP contribution in [0.4, 0.5) is 0 Å². The maximum atomic E-state index is 4.41. The molecule has 0 aliphatic heterocycles. The van der Waals surface area contributed by atoms with Gasteiger partial charge in [0.1, 0.15) is 0 Å². The predicted octanol–water partition coefficient (Wildman–Crippen LogP) is -0.156. The number of halogens is 1. The van der Waals surface area contributed by atoms with Crippen LogP contribution in [-0.4, -0.2) is 47.2 Å². The van der Waals surface area contributed by atoms with Gasteiger partial charge in [-0.1, -0.05) is 0 Å². The fourth-order valence-electron chi connectivity index (χ4n) is 1.74. The molecular weight excluding hydrogens is 323 g/mol. The van der Waals surface area contributed by atoms with Crippen molar-refractivity contribution in [2.24, 2.45) is 4.99 Å². The Hall–Kier alpha value is 0.100. The Bertz CT molecular complexity index is 247. The normalized spacial score (nSPS) is 13.8. The van der Waals surface area contributed by atoms with E-state index in [0.717, 1.165) is 19.5 Å². The number of unbranched alkanes of at least 4 members (excludes halogenated alkanes) is 1. The quantitative estimate of drug-likeness (QED) is 0.244. The summed E-state index contributed by atoms with van der Waals surface area (Å²) in [6.07, 6.45) is 5.96. The van der Waals surface area contributed by atoms with Gasteiger partial charge in [0.15, 0.2) is 0 Å². The monoisotopic (exact) mass is 351 g/mol. The molecule has 0 aliphatic carbocycles. The molecular formula is C14H28IN2-. The first-order chi connectivity index (χ1) is 8.17. The van der Waals surface area contributed by atoms with Gasteiger partial charge in [-0.25, -0.2) is 0 Å². The Morgan fingerprint density at radius 3 is 2.53 bits per heavy atom. The van der Waals surface area contributed by atoms with Crippen molar-refractivity contribution in [1.82, 2.24) is 4.90 Å². The zero-order chi connectivity index (χ0) is 13.1. The Morgan fingerprint density at radius 1 is 1.35 bits per heavy atom. The van der Waals surface area contributed by atoms with Gasteiger partial charge in [0.2, 0.25) is 0 Å². The van der Waals surface area contributed by atoms with E-state index in [1.54, 1.807) is 5.57 Å². The van der Waals surface area contributed by atoms with Crippen molar-refractivity contribution in [3.8, 4) is 0 Å². The second kappa shape index (κ2) is 11.2. The average Bonchev–Trinajstić information content (AvgIpc) is 2.33. The molecule has 0 radical (unpaired) electrons. The third-order valence-corrected chi connectivity index (χ3v) is 4.52. The van der Waals surface area contributed by atoms with Crippen molar-refractivity contribution in [1.29, 1.82) is 0 Å². The van der Waals surface area contributed by atoms with E-state index in [2.05, 4.69) is 41.8 Å². The number of hydrogen-bond acceptors (Lipinski definition) is 2. The van der Waals surface area contributed by atoms with Gasteiger partial charge in [-0.05, 0) is 0 Å². The molecule has 0 saturated heterocycles.